The van der Waals surface area contributed by atoms with Crippen LogP contribution in [0, 0.1) is 5.92 Å². The largest absolute Gasteiger partial charge is 0.330 e. The van der Waals surface area contributed by atoms with Crippen molar-refractivity contribution < 1.29 is 0 Å². The molecule has 0 spiro atoms. The van der Waals surface area contributed by atoms with Gasteiger partial charge in [0, 0.05) is 38.4 Å². The molecule has 1 heterocycles. The van der Waals surface area contributed by atoms with E-state index in [2.05, 4.69) is 26.1 Å². The molecule has 0 saturated heterocycles. The molecular weight excluding hydrogens is 242 g/mol. The molecule has 108 valence electrons. The Bertz CT molecular complexity index is 528. The molecule has 1 N–H and O–H groups in total. The van der Waals surface area contributed by atoms with Crippen LogP contribution in [-0.4, -0.2) is 15.2 Å². The summed E-state index contributed by atoms with van der Waals surface area (Å²) in [7, 11) is 3.19. The standard InChI is InChI=1S/C14H25N3O2/c1-10(2)6-7-11(3)15-9-12-8-13(18)17(5)14(19)16(12)4/h8,10-11,15H,6-7,9H2,1-5H3. The Morgan fingerprint density at radius 2 is 1.74 bits per heavy atom. The lowest BCUT2D eigenvalue weighted by Gasteiger charge is -2.16. The van der Waals surface area contributed by atoms with Gasteiger partial charge in [-0.1, -0.05) is 13.8 Å². The van der Waals surface area contributed by atoms with Crippen LogP contribution in [0.1, 0.15) is 39.3 Å². The highest BCUT2D eigenvalue weighted by molar-refractivity contribution is 5.02. The van der Waals surface area contributed by atoms with Crippen LogP contribution in [0.25, 0.3) is 0 Å². The molecule has 0 aliphatic carbocycles. The molecule has 1 aromatic heterocycles. The first-order valence-electron chi connectivity index (χ1n) is 6.82. The van der Waals surface area contributed by atoms with Crippen LogP contribution in [0.15, 0.2) is 15.7 Å². The highest BCUT2D eigenvalue weighted by atomic mass is 16.2. The highest BCUT2D eigenvalue weighted by Gasteiger charge is 2.08. The van der Waals surface area contributed by atoms with Crippen LogP contribution in [0.5, 0.6) is 0 Å². The maximum atomic E-state index is 11.8. The van der Waals surface area contributed by atoms with E-state index in [0.29, 0.717) is 18.5 Å². The van der Waals surface area contributed by atoms with Gasteiger partial charge in [0.1, 0.15) is 0 Å². The van der Waals surface area contributed by atoms with E-state index in [1.54, 1.807) is 7.05 Å². The molecule has 0 fully saturated rings. The van der Waals surface area contributed by atoms with Gasteiger partial charge in [0.2, 0.25) is 0 Å². The zero-order valence-electron chi connectivity index (χ0n) is 12.6. The third kappa shape index (κ3) is 4.35. The second kappa shape index (κ2) is 6.70. The van der Waals surface area contributed by atoms with Crippen LogP contribution in [0.2, 0.25) is 0 Å². The smallest absolute Gasteiger partial charge is 0.309 e. The van der Waals surface area contributed by atoms with Gasteiger partial charge in [-0.25, -0.2) is 4.79 Å². The van der Waals surface area contributed by atoms with Gasteiger partial charge in [-0.15, -0.1) is 0 Å². The Morgan fingerprint density at radius 1 is 1.11 bits per heavy atom. The normalized spacial score (nSPS) is 12.9. The van der Waals surface area contributed by atoms with Crippen molar-refractivity contribution in [3.63, 3.8) is 0 Å². The van der Waals surface area contributed by atoms with E-state index in [0.717, 1.165) is 16.7 Å². The molecule has 1 rings (SSSR count). The maximum Gasteiger partial charge on any atom is 0.330 e. The van der Waals surface area contributed by atoms with E-state index in [9.17, 15) is 9.59 Å². The summed E-state index contributed by atoms with van der Waals surface area (Å²) < 4.78 is 2.63. The minimum atomic E-state index is -0.279. The van der Waals surface area contributed by atoms with E-state index in [4.69, 9.17) is 0 Å². The van der Waals surface area contributed by atoms with Gasteiger partial charge < -0.3 is 5.32 Å². The third-order valence-corrected chi connectivity index (χ3v) is 3.43. The van der Waals surface area contributed by atoms with Gasteiger partial charge >= 0.3 is 5.69 Å². The van der Waals surface area contributed by atoms with Crippen molar-refractivity contribution in [2.24, 2.45) is 20.0 Å². The molecule has 0 aliphatic heterocycles. The van der Waals surface area contributed by atoms with E-state index in [1.165, 1.54) is 24.1 Å². The molecule has 5 nitrogen and oxygen atoms in total. The number of aromatic nitrogens is 2. The van der Waals surface area contributed by atoms with Gasteiger partial charge in [0.05, 0.1) is 0 Å². The van der Waals surface area contributed by atoms with Crippen LogP contribution in [0.4, 0.5) is 0 Å². The lowest BCUT2D eigenvalue weighted by Crippen LogP contribution is -2.39. The summed E-state index contributed by atoms with van der Waals surface area (Å²) in [5, 5.41) is 3.36. The van der Waals surface area contributed by atoms with Crippen molar-refractivity contribution >= 4 is 0 Å². The molecule has 5 heteroatoms. The zero-order chi connectivity index (χ0) is 14.6. The summed E-state index contributed by atoms with van der Waals surface area (Å²) >= 11 is 0. The Balaban J connectivity index is 2.69. The number of nitrogens with one attached hydrogen (secondary N) is 1. The quantitative estimate of drug-likeness (QED) is 0.836. The first-order valence-corrected chi connectivity index (χ1v) is 6.82. The minimum absolute atomic E-state index is 0.255. The fourth-order valence-corrected chi connectivity index (χ4v) is 1.91. The molecular formula is C14H25N3O2. The summed E-state index contributed by atoms with van der Waals surface area (Å²) in [6.07, 6.45) is 2.26. The van der Waals surface area contributed by atoms with Gasteiger partial charge in [-0.05, 0) is 25.7 Å². The fourth-order valence-electron chi connectivity index (χ4n) is 1.91. The van der Waals surface area contributed by atoms with E-state index in [-0.39, 0.29) is 11.2 Å². The van der Waals surface area contributed by atoms with Crippen molar-refractivity contribution in [3.05, 3.63) is 32.6 Å². The molecule has 1 aromatic rings. The molecule has 0 aliphatic rings. The van der Waals surface area contributed by atoms with Gasteiger partial charge in [-0.2, -0.15) is 0 Å². The Labute approximate surface area is 114 Å². The Kier molecular flexibility index (Phi) is 5.54. The molecule has 0 aromatic carbocycles. The van der Waals surface area contributed by atoms with E-state index < -0.39 is 0 Å². The number of nitrogens with zero attached hydrogens (tertiary/aromatic N) is 2. The maximum absolute atomic E-state index is 11.8. The lowest BCUT2D eigenvalue weighted by atomic mass is 10.0. The predicted molar refractivity (Wildman–Crippen MR) is 77.3 cm³/mol. The van der Waals surface area contributed by atoms with Crippen LogP contribution < -0.4 is 16.6 Å². The average molecular weight is 267 g/mol. The SMILES string of the molecule is CC(C)CCC(C)NCc1cc(=O)n(C)c(=O)n1C. The number of hydrogen-bond donors (Lipinski definition) is 1. The molecule has 0 saturated carbocycles. The van der Waals surface area contributed by atoms with Gasteiger partial charge in [0.25, 0.3) is 5.56 Å². The van der Waals surface area contributed by atoms with Crippen LogP contribution >= 0.6 is 0 Å². The van der Waals surface area contributed by atoms with Gasteiger partial charge in [-0.3, -0.25) is 13.9 Å². The Morgan fingerprint density at radius 3 is 2.32 bits per heavy atom. The molecule has 0 amide bonds. The molecule has 0 radical (unpaired) electrons. The summed E-state index contributed by atoms with van der Waals surface area (Å²) in [5.41, 5.74) is 0.193. The zero-order valence-corrected chi connectivity index (χ0v) is 12.6. The molecule has 19 heavy (non-hydrogen) atoms. The van der Waals surface area contributed by atoms with E-state index >= 15 is 0 Å². The monoisotopic (exact) mass is 267 g/mol. The summed E-state index contributed by atoms with van der Waals surface area (Å²) in [4.78, 5) is 23.4. The first kappa shape index (κ1) is 15.7. The molecule has 1 atom stereocenters. The van der Waals surface area contributed by atoms with Crippen molar-refractivity contribution in [1.29, 1.82) is 0 Å². The third-order valence-electron chi connectivity index (χ3n) is 3.43. The van der Waals surface area contributed by atoms with E-state index in [1.807, 2.05) is 0 Å². The number of hydrogen-bond acceptors (Lipinski definition) is 3. The minimum Gasteiger partial charge on any atom is -0.309 e. The lowest BCUT2D eigenvalue weighted by molar-refractivity contribution is 0.443. The molecule has 1 unspecified atom stereocenters. The van der Waals surface area contributed by atoms with Crippen molar-refractivity contribution in [3.8, 4) is 0 Å². The fraction of sp³-hybridized carbons (Fsp3) is 0.714. The van der Waals surface area contributed by atoms with Crippen molar-refractivity contribution in [1.82, 2.24) is 14.5 Å². The Hall–Kier alpha value is -1.36. The molecule has 0 bridgehead atoms. The summed E-state index contributed by atoms with van der Waals surface area (Å²) in [6, 6.07) is 1.89. The highest BCUT2D eigenvalue weighted by Crippen LogP contribution is 2.06. The second-order valence-corrected chi connectivity index (χ2v) is 5.63. The predicted octanol–water partition coefficient (Wildman–Crippen LogP) is 0.998. The van der Waals surface area contributed by atoms with Crippen LogP contribution in [-0.2, 0) is 20.6 Å². The van der Waals surface area contributed by atoms with Crippen molar-refractivity contribution in [2.45, 2.75) is 46.2 Å². The summed E-state index contributed by atoms with van der Waals surface area (Å²) in [5.74, 6) is 0.692. The average Bonchev–Trinajstić information content (AvgIpc) is 2.36. The first-order chi connectivity index (χ1) is 8.82. The van der Waals surface area contributed by atoms with Crippen molar-refractivity contribution in [2.75, 3.05) is 0 Å². The second-order valence-electron chi connectivity index (χ2n) is 5.63. The van der Waals surface area contributed by atoms with Gasteiger partial charge in [0.15, 0.2) is 0 Å². The summed E-state index contributed by atoms with van der Waals surface area (Å²) in [6.45, 7) is 7.08. The number of rotatable bonds is 6. The van der Waals surface area contributed by atoms with Crippen LogP contribution in [0.3, 0.4) is 0 Å². The topological polar surface area (TPSA) is 56.0 Å².